The summed E-state index contributed by atoms with van der Waals surface area (Å²) in [6.45, 7) is 10.1. The number of benzene rings is 1. The van der Waals surface area contributed by atoms with Crippen molar-refractivity contribution in [2.75, 3.05) is 11.1 Å². The van der Waals surface area contributed by atoms with Crippen molar-refractivity contribution in [1.82, 2.24) is 24.5 Å². The van der Waals surface area contributed by atoms with Crippen molar-refractivity contribution < 1.29 is 4.79 Å². The first kappa shape index (κ1) is 19.2. The van der Waals surface area contributed by atoms with Gasteiger partial charge >= 0.3 is 0 Å². The molecule has 1 aromatic carbocycles. The number of aryl methyl sites for hydroxylation is 3. The molecule has 0 saturated heterocycles. The number of nitrogens with zero attached hydrogens (tertiary/aromatic N) is 5. The van der Waals surface area contributed by atoms with Crippen molar-refractivity contribution >= 4 is 23.5 Å². The van der Waals surface area contributed by atoms with Gasteiger partial charge in [0.05, 0.1) is 17.6 Å². The van der Waals surface area contributed by atoms with Crippen LogP contribution in [0.15, 0.2) is 35.6 Å². The van der Waals surface area contributed by atoms with Crippen LogP contribution in [-0.4, -0.2) is 36.2 Å². The molecule has 0 radical (unpaired) electrons. The Balaban J connectivity index is 1.75. The predicted molar refractivity (Wildman–Crippen MR) is 108 cm³/mol. The zero-order chi connectivity index (χ0) is 19.6. The predicted octanol–water partition coefficient (Wildman–Crippen LogP) is 3.70. The van der Waals surface area contributed by atoms with Gasteiger partial charge in [0.15, 0.2) is 5.16 Å². The topological polar surface area (TPSA) is 77.6 Å². The fraction of sp³-hybridized carbons (Fsp3) is 0.368. The van der Waals surface area contributed by atoms with Gasteiger partial charge in [0.2, 0.25) is 5.91 Å². The van der Waals surface area contributed by atoms with Crippen LogP contribution in [0.1, 0.15) is 36.8 Å². The molecular weight excluding hydrogens is 360 g/mol. The lowest BCUT2D eigenvalue weighted by Crippen LogP contribution is -2.18. The molecule has 0 saturated carbocycles. The van der Waals surface area contributed by atoms with Crippen LogP contribution in [0, 0.1) is 20.8 Å². The van der Waals surface area contributed by atoms with E-state index in [1.807, 2.05) is 25.3 Å². The van der Waals surface area contributed by atoms with Crippen LogP contribution in [0.2, 0.25) is 0 Å². The van der Waals surface area contributed by atoms with Gasteiger partial charge in [0, 0.05) is 12.1 Å². The summed E-state index contributed by atoms with van der Waals surface area (Å²) in [4.78, 5) is 12.4. The first-order valence-electron chi connectivity index (χ1n) is 8.82. The van der Waals surface area contributed by atoms with E-state index >= 15 is 0 Å². The molecule has 0 atom stereocenters. The van der Waals surface area contributed by atoms with E-state index in [9.17, 15) is 4.79 Å². The van der Waals surface area contributed by atoms with Crippen LogP contribution in [-0.2, 0) is 4.79 Å². The second-order valence-electron chi connectivity index (χ2n) is 6.75. The summed E-state index contributed by atoms with van der Waals surface area (Å²) in [6, 6.07) is 8.25. The van der Waals surface area contributed by atoms with Crippen LogP contribution in [0.3, 0.4) is 0 Å². The molecule has 3 rings (SSSR count). The van der Waals surface area contributed by atoms with Crippen molar-refractivity contribution in [2.45, 2.75) is 45.8 Å². The molecule has 1 amide bonds. The summed E-state index contributed by atoms with van der Waals surface area (Å²) in [5.41, 5.74) is 3.34. The largest absolute Gasteiger partial charge is 0.310 e. The van der Waals surface area contributed by atoms with Gasteiger partial charge in [-0.1, -0.05) is 23.9 Å². The highest BCUT2D eigenvalue weighted by atomic mass is 32.2. The molecule has 0 aliphatic rings. The van der Waals surface area contributed by atoms with Gasteiger partial charge in [-0.25, -0.2) is 4.68 Å². The average molecular weight is 385 g/mol. The second kappa shape index (κ2) is 7.96. The zero-order valence-corrected chi connectivity index (χ0v) is 17.0. The number of anilines is 1. The lowest BCUT2D eigenvalue weighted by molar-refractivity contribution is -0.113. The molecule has 27 heavy (non-hydrogen) atoms. The molecule has 1 N–H and O–H groups in total. The monoisotopic (exact) mass is 384 g/mol. The Morgan fingerprint density at radius 2 is 1.96 bits per heavy atom. The average Bonchev–Trinajstić information content (AvgIpc) is 3.22. The van der Waals surface area contributed by atoms with Crippen LogP contribution in [0.5, 0.6) is 0 Å². The molecular formula is C19H24N6OS. The van der Waals surface area contributed by atoms with Crippen molar-refractivity contribution in [3.63, 3.8) is 0 Å². The van der Waals surface area contributed by atoms with Gasteiger partial charge in [-0.2, -0.15) is 5.10 Å². The smallest absolute Gasteiger partial charge is 0.235 e. The summed E-state index contributed by atoms with van der Waals surface area (Å²) in [5, 5.41) is 16.3. The van der Waals surface area contributed by atoms with E-state index in [0.717, 1.165) is 17.1 Å². The summed E-state index contributed by atoms with van der Waals surface area (Å²) in [7, 11) is 0. The fourth-order valence-electron chi connectivity index (χ4n) is 2.81. The number of amides is 1. The quantitative estimate of drug-likeness (QED) is 0.656. The first-order valence-corrected chi connectivity index (χ1v) is 9.81. The van der Waals surface area contributed by atoms with Crippen LogP contribution in [0.25, 0.3) is 5.69 Å². The molecule has 0 aliphatic carbocycles. The molecule has 2 aromatic heterocycles. The standard InChI is InChI=1S/C19H24N6OS/c1-12(2)25-17(8-9-20-25)21-18(26)11-27-19-23-22-15(5)24(19)16-10-13(3)6-7-14(16)4/h6-10,12H,11H2,1-5H3,(H,21,26). The summed E-state index contributed by atoms with van der Waals surface area (Å²) in [5.74, 6) is 1.63. The van der Waals surface area contributed by atoms with Crippen molar-refractivity contribution in [1.29, 1.82) is 0 Å². The molecule has 3 aromatic rings. The van der Waals surface area contributed by atoms with Crippen LogP contribution >= 0.6 is 11.8 Å². The van der Waals surface area contributed by atoms with E-state index in [4.69, 9.17) is 0 Å². The Morgan fingerprint density at radius 1 is 1.19 bits per heavy atom. The zero-order valence-electron chi connectivity index (χ0n) is 16.2. The third-order valence-electron chi connectivity index (χ3n) is 4.16. The third kappa shape index (κ3) is 4.21. The number of carbonyl (C=O) groups excluding carboxylic acids is 1. The normalized spacial score (nSPS) is 11.2. The van der Waals surface area contributed by atoms with Gasteiger partial charge in [-0.15, -0.1) is 10.2 Å². The SMILES string of the molecule is Cc1ccc(C)c(-n2c(C)nnc2SCC(=O)Nc2ccnn2C(C)C)c1. The van der Waals surface area contributed by atoms with Gasteiger partial charge in [-0.05, 0) is 51.8 Å². The molecule has 0 unspecified atom stereocenters. The number of hydrogen-bond donors (Lipinski definition) is 1. The van der Waals surface area contributed by atoms with E-state index in [1.54, 1.807) is 16.9 Å². The molecule has 0 bridgehead atoms. The van der Waals surface area contributed by atoms with Crippen molar-refractivity contribution in [3.05, 3.63) is 47.4 Å². The number of carbonyl (C=O) groups is 1. The highest BCUT2D eigenvalue weighted by Gasteiger charge is 2.16. The Hall–Kier alpha value is -2.61. The lowest BCUT2D eigenvalue weighted by atomic mass is 10.1. The summed E-state index contributed by atoms with van der Waals surface area (Å²) in [6.07, 6.45) is 1.68. The number of aromatic nitrogens is 5. The first-order chi connectivity index (χ1) is 12.9. The Kier molecular flexibility index (Phi) is 5.65. The minimum Gasteiger partial charge on any atom is -0.310 e. The third-order valence-corrected chi connectivity index (χ3v) is 5.09. The maximum atomic E-state index is 12.4. The Morgan fingerprint density at radius 3 is 2.70 bits per heavy atom. The molecule has 0 aliphatic heterocycles. The Labute approximate surface area is 163 Å². The number of nitrogens with one attached hydrogen (secondary N) is 1. The second-order valence-corrected chi connectivity index (χ2v) is 7.69. The van der Waals surface area contributed by atoms with E-state index in [1.165, 1.54) is 17.3 Å². The van der Waals surface area contributed by atoms with Gasteiger partial charge in [-0.3, -0.25) is 9.36 Å². The minimum atomic E-state index is -0.101. The van der Waals surface area contributed by atoms with E-state index in [0.29, 0.717) is 11.0 Å². The molecule has 142 valence electrons. The fourth-order valence-corrected chi connectivity index (χ4v) is 3.60. The maximum Gasteiger partial charge on any atom is 0.235 e. The Bertz CT molecular complexity index is 959. The number of rotatable bonds is 6. The highest BCUT2D eigenvalue weighted by Crippen LogP contribution is 2.25. The summed E-state index contributed by atoms with van der Waals surface area (Å²) < 4.78 is 3.78. The van der Waals surface area contributed by atoms with E-state index in [-0.39, 0.29) is 17.7 Å². The number of thioether (sulfide) groups is 1. The van der Waals surface area contributed by atoms with Crippen molar-refractivity contribution in [2.24, 2.45) is 0 Å². The lowest BCUT2D eigenvalue weighted by Gasteiger charge is -2.13. The highest BCUT2D eigenvalue weighted by molar-refractivity contribution is 7.99. The van der Waals surface area contributed by atoms with E-state index in [2.05, 4.69) is 52.7 Å². The van der Waals surface area contributed by atoms with E-state index < -0.39 is 0 Å². The van der Waals surface area contributed by atoms with Crippen LogP contribution in [0.4, 0.5) is 5.82 Å². The maximum absolute atomic E-state index is 12.4. The van der Waals surface area contributed by atoms with Gasteiger partial charge in [0.1, 0.15) is 11.6 Å². The molecule has 2 heterocycles. The molecule has 0 spiro atoms. The summed E-state index contributed by atoms with van der Waals surface area (Å²) >= 11 is 1.37. The molecule has 7 nitrogen and oxygen atoms in total. The van der Waals surface area contributed by atoms with Crippen molar-refractivity contribution in [3.8, 4) is 5.69 Å². The molecule has 0 fully saturated rings. The minimum absolute atomic E-state index is 0.101. The van der Waals surface area contributed by atoms with Crippen LogP contribution < -0.4 is 5.32 Å². The van der Waals surface area contributed by atoms with Gasteiger partial charge in [0.25, 0.3) is 0 Å². The van der Waals surface area contributed by atoms with Gasteiger partial charge < -0.3 is 5.32 Å². The molecule has 8 heteroatoms. The number of hydrogen-bond acceptors (Lipinski definition) is 5.